The van der Waals surface area contributed by atoms with Crippen LogP contribution in [0.15, 0.2) is 58.6 Å². The Kier molecular flexibility index (Phi) is 8.69. The maximum atomic E-state index is 13.3. The van der Waals surface area contributed by atoms with Gasteiger partial charge in [-0.25, -0.2) is 4.99 Å². The second kappa shape index (κ2) is 11.9. The molecule has 0 aromatic heterocycles. The van der Waals surface area contributed by atoms with Gasteiger partial charge in [0.25, 0.3) is 5.91 Å². The number of aliphatic hydroxyl groups excluding tert-OH is 1. The molecule has 9 nitrogen and oxygen atoms in total. The summed E-state index contributed by atoms with van der Waals surface area (Å²) in [7, 11) is 0. The van der Waals surface area contributed by atoms with Crippen LogP contribution < -0.4 is 10.1 Å². The lowest BCUT2D eigenvalue weighted by molar-refractivity contribution is -0.126. The third kappa shape index (κ3) is 6.25. The zero-order valence-electron chi connectivity index (χ0n) is 18.7. The molecule has 0 saturated carbocycles. The van der Waals surface area contributed by atoms with Gasteiger partial charge in [-0.3, -0.25) is 4.79 Å². The molecule has 3 rings (SSSR count). The van der Waals surface area contributed by atoms with Crippen LogP contribution >= 0.6 is 0 Å². The maximum absolute atomic E-state index is 13.3. The van der Waals surface area contributed by atoms with Gasteiger partial charge in [-0.2, -0.15) is 0 Å². The van der Waals surface area contributed by atoms with Crippen molar-refractivity contribution in [2.75, 3.05) is 26.4 Å². The average Bonchev–Trinajstić information content (AvgIpc) is 3.26. The summed E-state index contributed by atoms with van der Waals surface area (Å²) in [6.07, 6.45) is 2.63. The van der Waals surface area contributed by atoms with Crippen molar-refractivity contribution in [3.05, 3.63) is 70.1 Å². The number of aliphatic hydroxyl groups is 1. The van der Waals surface area contributed by atoms with Gasteiger partial charge in [-0.1, -0.05) is 42.7 Å². The molecule has 1 heterocycles. The van der Waals surface area contributed by atoms with Gasteiger partial charge in [0.05, 0.1) is 6.61 Å². The number of rotatable bonds is 12. The lowest BCUT2D eigenvalue weighted by Gasteiger charge is -2.24. The lowest BCUT2D eigenvalue weighted by Crippen LogP contribution is -2.48. The first kappa shape index (κ1) is 24.1. The first-order chi connectivity index (χ1) is 16.1. The largest absolute Gasteiger partial charge is 0.494 e. The zero-order valence-corrected chi connectivity index (χ0v) is 18.7. The number of hydrogen-bond acceptors (Lipinski definition) is 6. The Labute approximate surface area is 193 Å². The fourth-order valence-electron chi connectivity index (χ4n) is 3.49. The van der Waals surface area contributed by atoms with Crippen LogP contribution in [0.2, 0.25) is 0 Å². The minimum absolute atomic E-state index is 0.0773. The Bertz CT molecular complexity index is 1020. The summed E-state index contributed by atoms with van der Waals surface area (Å²) in [5.41, 5.74) is 9.66. The van der Waals surface area contributed by atoms with Gasteiger partial charge in [0.1, 0.15) is 12.4 Å². The van der Waals surface area contributed by atoms with Crippen molar-refractivity contribution in [1.82, 2.24) is 5.32 Å². The topological polar surface area (TPSA) is 129 Å². The van der Waals surface area contributed by atoms with E-state index in [-0.39, 0.29) is 25.5 Å². The lowest BCUT2D eigenvalue weighted by atomic mass is 9.90. The highest BCUT2D eigenvalue weighted by molar-refractivity contribution is 6.00. The van der Waals surface area contributed by atoms with E-state index >= 15 is 0 Å². The van der Waals surface area contributed by atoms with Gasteiger partial charge < -0.3 is 19.9 Å². The molecule has 174 valence electrons. The monoisotopic (exact) mass is 451 g/mol. The minimum atomic E-state index is -1.17. The quantitative estimate of drug-likeness (QED) is 0.218. The van der Waals surface area contributed by atoms with Gasteiger partial charge in [0.2, 0.25) is 5.90 Å². The van der Waals surface area contributed by atoms with Gasteiger partial charge in [-0.15, -0.1) is 0 Å². The van der Waals surface area contributed by atoms with Crippen molar-refractivity contribution in [3.8, 4) is 5.75 Å². The number of ether oxygens (including phenoxy) is 2. The van der Waals surface area contributed by atoms with Crippen LogP contribution in [-0.4, -0.2) is 48.8 Å². The van der Waals surface area contributed by atoms with E-state index in [4.69, 9.17) is 25.1 Å². The number of hydrogen-bond donors (Lipinski definition) is 2. The molecule has 0 saturated heterocycles. The van der Waals surface area contributed by atoms with Crippen molar-refractivity contribution in [1.29, 1.82) is 0 Å². The predicted molar refractivity (Wildman–Crippen MR) is 126 cm³/mol. The SMILES string of the molecule is CCCCNC(=O)[C@@]1(Cc2ccccc2N=[N+]=[N-])COC(c2ccc(OCCCO)cc2)=N1. The number of azide groups is 1. The molecule has 2 aromatic rings. The highest BCUT2D eigenvalue weighted by Crippen LogP contribution is 2.31. The van der Waals surface area contributed by atoms with E-state index in [1.807, 2.05) is 24.3 Å². The molecule has 1 atom stereocenters. The number of aliphatic imine (C=N–C) groups is 1. The summed E-state index contributed by atoms with van der Waals surface area (Å²) >= 11 is 0. The smallest absolute Gasteiger partial charge is 0.251 e. The summed E-state index contributed by atoms with van der Waals surface area (Å²) in [5, 5.41) is 15.6. The molecule has 1 aliphatic heterocycles. The number of benzene rings is 2. The number of unbranched alkanes of at least 4 members (excludes halogenated alkanes) is 1. The van der Waals surface area contributed by atoms with Gasteiger partial charge in [-0.05, 0) is 41.8 Å². The highest BCUT2D eigenvalue weighted by Gasteiger charge is 2.44. The summed E-state index contributed by atoms with van der Waals surface area (Å²) in [6.45, 7) is 3.20. The Morgan fingerprint density at radius 3 is 2.79 bits per heavy atom. The highest BCUT2D eigenvalue weighted by atomic mass is 16.5. The molecule has 9 heteroatoms. The fourth-order valence-corrected chi connectivity index (χ4v) is 3.49. The molecule has 0 aliphatic carbocycles. The number of carbonyl (C=O) groups is 1. The summed E-state index contributed by atoms with van der Waals surface area (Å²) < 4.78 is 11.5. The van der Waals surface area contributed by atoms with Crippen LogP contribution in [0.25, 0.3) is 10.4 Å². The van der Waals surface area contributed by atoms with E-state index in [0.29, 0.717) is 36.9 Å². The second-order valence-corrected chi connectivity index (χ2v) is 7.79. The second-order valence-electron chi connectivity index (χ2n) is 7.79. The van der Waals surface area contributed by atoms with Gasteiger partial charge in [0.15, 0.2) is 5.54 Å². The Morgan fingerprint density at radius 1 is 1.27 bits per heavy atom. The van der Waals surface area contributed by atoms with Crippen molar-refractivity contribution < 1.29 is 19.4 Å². The molecule has 1 aliphatic rings. The molecule has 2 N–H and O–H groups in total. The average molecular weight is 452 g/mol. The molecular formula is C24H29N5O4. The first-order valence-electron chi connectivity index (χ1n) is 11.1. The van der Waals surface area contributed by atoms with Crippen molar-refractivity contribution in [2.24, 2.45) is 10.1 Å². The molecule has 0 unspecified atom stereocenters. The minimum Gasteiger partial charge on any atom is -0.494 e. The fraction of sp³-hybridized carbons (Fsp3) is 0.417. The first-order valence-corrected chi connectivity index (χ1v) is 11.1. The molecule has 0 spiro atoms. The Balaban J connectivity index is 1.87. The normalized spacial score (nSPS) is 17.0. The van der Waals surface area contributed by atoms with Crippen LogP contribution in [0.5, 0.6) is 5.75 Å². The van der Waals surface area contributed by atoms with E-state index in [0.717, 1.165) is 24.0 Å². The summed E-state index contributed by atoms with van der Waals surface area (Å²) in [5.74, 6) is 0.840. The molecule has 0 fully saturated rings. The third-order valence-corrected chi connectivity index (χ3v) is 5.30. The van der Waals surface area contributed by atoms with Crippen LogP contribution in [0.1, 0.15) is 37.3 Å². The van der Waals surface area contributed by atoms with Crippen molar-refractivity contribution >= 4 is 17.5 Å². The molecule has 2 aromatic carbocycles. The standard InChI is InChI=1S/C24H29N5O4/c1-2-3-13-26-23(31)24(16-19-7-4-5-8-21(19)28-29-25)17-33-22(27-24)18-9-11-20(12-10-18)32-15-6-14-30/h4-5,7-12,30H,2-3,6,13-17H2,1H3,(H,26,31)/t24-/m1/s1. The molecule has 33 heavy (non-hydrogen) atoms. The number of carbonyl (C=O) groups excluding carboxylic acids is 1. The maximum Gasteiger partial charge on any atom is 0.251 e. The molecule has 0 radical (unpaired) electrons. The molecular weight excluding hydrogens is 422 g/mol. The van der Waals surface area contributed by atoms with Crippen molar-refractivity contribution in [2.45, 2.75) is 38.1 Å². The molecule has 0 bridgehead atoms. The van der Waals surface area contributed by atoms with E-state index in [2.05, 4.69) is 22.3 Å². The van der Waals surface area contributed by atoms with E-state index < -0.39 is 5.54 Å². The van der Waals surface area contributed by atoms with E-state index in [1.54, 1.807) is 24.3 Å². The Hall–Kier alpha value is -3.55. The van der Waals surface area contributed by atoms with Crippen LogP contribution in [-0.2, 0) is 16.0 Å². The van der Waals surface area contributed by atoms with Gasteiger partial charge in [0, 0.05) is 42.2 Å². The van der Waals surface area contributed by atoms with Gasteiger partial charge >= 0.3 is 0 Å². The van der Waals surface area contributed by atoms with Crippen LogP contribution in [0, 0.1) is 0 Å². The Morgan fingerprint density at radius 2 is 2.06 bits per heavy atom. The zero-order chi connectivity index (χ0) is 23.5. The third-order valence-electron chi connectivity index (χ3n) is 5.30. The van der Waals surface area contributed by atoms with Crippen LogP contribution in [0.4, 0.5) is 5.69 Å². The van der Waals surface area contributed by atoms with Crippen LogP contribution in [0.3, 0.4) is 0 Å². The number of nitrogens with zero attached hydrogens (tertiary/aromatic N) is 4. The van der Waals surface area contributed by atoms with E-state index in [1.165, 1.54) is 0 Å². The summed E-state index contributed by atoms with van der Waals surface area (Å²) in [4.78, 5) is 20.9. The summed E-state index contributed by atoms with van der Waals surface area (Å²) in [6, 6.07) is 14.4. The van der Waals surface area contributed by atoms with E-state index in [9.17, 15) is 4.79 Å². The van der Waals surface area contributed by atoms with Crippen molar-refractivity contribution in [3.63, 3.8) is 0 Å². The predicted octanol–water partition coefficient (Wildman–Crippen LogP) is 4.06. The molecule has 1 amide bonds. The number of amides is 1. The number of nitrogens with one attached hydrogen (secondary N) is 1.